The lowest BCUT2D eigenvalue weighted by molar-refractivity contribution is -0.136. The van der Waals surface area contributed by atoms with Crippen molar-refractivity contribution in [3.63, 3.8) is 0 Å². The molecule has 1 aromatic carbocycles. The predicted octanol–water partition coefficient (Wildman–Crippen LogP) is 0.411. The molecule has 1 fully saturated rings. The van der Waals surface area contributed by atoms with Crippen molar-refractivity contribution in [2.45, 2.75) is 19.1 Å². The third-order valence-corrected chi connectivity index (χ3v) is 3.75. The van der Waals surface area contributed by atoms with Crippen molar-refractivity contribution in [3.05, 3.63) is 41.2 Å². The van der Waals surface area contributed by atoms with E-state index in [1.165, 1.54) is 4.80 Å². The van der Waals surface area contributed by atoms with E-state index in [9.17, 15) is 4.79 Å². The lowest BCUT2D eigenvalue weighted by atomic mass is 10.1. The average Bonchev–Trinajstić information content (AvgIpc) is 2.96. The summed E-state index contributed by atoms with van der Waals surface area (Å²) in [6.45, 7) is 2.96. The highest BCUT2D eigenvalue weighted by Crippen LogP contribution is 2.20. The molecule has 1 atom stereocenters. The number of ether oxygens (including phenoxy) is 1. The summed E-state index contributed by atoms with van der Waals surface area (Å²) in [4.78, 5) is 14.4. The second kappa shape index (κ2) is 6.84. The lowest BCUT2D eigenvalue weighted by Gasteiger charge is -2.31. The maximum atomic E-state index is 10.7. The van der Waals surface area contributed by atoms with Crippen LogP contribution in [0, 0.1) is 0 Å². The first-order chi connectivity index (χ1) is 11.1. The number of aryl methyl sites for hydroxylation is 1. The Balaban J connectivity index is 1.60. The van der Waals surface area contributed by atoms with E-state index in [1.807, 2.05) is 24.3 Å². The van der Waals surface area contributed by atoms with Crippen molar-refractivity contribution in [2.75, 3.05) is 19.7 Å². The van der Waals surface area contributed by atoms with Crippen molar-refractivity contribution in [3.8, 4) is 0 Å². The van der Waals surface area contributed by atoms with Gasteiger partial charge in [0.2, 0.25) is 5.82 Å². The molecular formula is C15H19N5O3. The maximum Gasteiger partial charge on any atom is 0.307 e. The zero-order valence-corrected chi connectivity index (χ0v) is 12.9. The first kappa shape index (κ1) is 15.6. The summed E-state index contributed by atoms with van der Waals surface area (Å²) >= 11 is 0. The highest BCUT2D eigenvalue weighted by atomic mass is 16.5. The molecule has 0 spiro atoms. The van der Waals surface area contributed by atoms with Crippen LogP contribution in [-0.2, 0) is 29.5 Å². The highest BCUT2D eigenvalue weighted by Gasteiger charge is 2.25. The second-order valence-corrected chi connectivity index (χ2v) is 5.62. The molecule has 3 rings (SSSR count). The van der Waals surface area contributed by atoms with Gasteiger partial charge in [-0.2, -0.15) is 4.80 Å². The largest absolute Gasteiger partial charge is 0.481 e. The minimum Gasteiger partial charge on any atom is -0.481 e. The number of benzene rings is 1. The number of rotatable bonds is 5. The molecule has 2 heterocycles. The van der Waals surface area contributed by atoms with E-state index in [-0.39, 0.29) is 12.5 Å². The fourth-order valence-corrected chi connectivity index (χ4v) is 2.63. The van der Waals surface area contributed by atoms with Gasteiger partial charge in [0.05, 0.1) is 20.1 Å². The molecule has 0 radical (unpaired) electrons. The molecule has 0 aliphatic carbocycles. The molecule has 0 bridgehead atoms. The van der Waals surface area contributed by atoms with Gasteiger partial charge in [-0.3, -0.25) is 9.69 Å². The molecule has 1 N–H and O–H groups in total. The first-order valence-corrected chi connectivity index (χ1v) is 7.47. The fraction of sp³-hybridized carbons (Fsp3) is 0.467. The minimum atomic E-state index is -0.815. The van der Waals surface area contributed by atoms with Gasteiger partial charge < -0.3 is 9.84 Å². The monoisotopic (exact) mass is 317 g/mol. The van der Waals surface area contributed by atoms with Crippen LogP contribution in [-0.4, -0.2) is 55.9 Å². The lowest BCUT2D eigenvalue weighted by Crippen LogP contribution is -2.38. The predicted molar refractivity (Wildman–Crippen MR) is 80.5 cm³/mol. The van der Waals surface area contributed by atoms with Crippen LogP contribution in [0.1, 0.15) is 23.1 Å². The molecule has 23 heavy (non-hydrogen) atoms. The molecule has 8 heteroatoms. The number of nitrogens with zero attached hydrogens (tertiary/aromatic N) is 5. The van der Waals surface area contributed by atoms with Crippen LogP contribution in [0.2, 0.25) is 0 Å². The van der Waals surface area contributed by atoms with Crippen molar-refractivity contribution >= 4 is 5.97 Å². The number of aromatic nitrogens is 4. The zero-order valence-electron chi connectivity index (χ0n) is 12.9. The third-order valence-electron chi connectivity index (χ3n) is 3.75. The van der Waals surface area contributed by atoms with Crippen molar-refractivity contribution < 1.29 is 14.6 Å². The van der Waals surface area contributed by atoms with Crippen LogP contribution in [0.15, 0.2) is 24.3 Å². The Morgan fingerprint density at radius 3 is 2.74 bits per heavy atom. The average molecular weight is 317 g/mol. The Morgan fingerprint density at radius 1 is 1.35 bits per heavy atom. The highest BCUT2D eigenvalue weighted by molar-refractivity contribution is 5.70. The van der Waals surface area contributed by atoms with Gasteiger partial charge in [0.1, 0.15) is 6.10 Å². The van der Waals surface area contributed by atoms with Crippen LogP contribution in [0.5, 0.6) is 0 Å². The number of hydrogen-bond donors (Lipinski definition) is 1. The molecule has 0 saturated carbocycles. The van der Waals surface area contributed by atoms with Gasteiger partial charge in [-0.25, -0.2) is 0 Å². The van der Waals surface area contributed by atoms with Crippen LogP contribution >= 0.6 is 0 Å². The van der Waals surface area contributed by atoms with E-state index in [2.05, 4.69) is 20.3 Å². The van der Waals surface area contributed by atoms with Crippen LogP contribution < -0.4 is 0 Å². The number of morpholine rings is 1. The number of hydrogen-bond acceptors (Lipinski definition) is 6. The number of aliphatic carboxylic acids is 1. The van der Waals surface area contributed by atoms with Crippen LogP contribution in [0.3, 0.4) is 0 Å². The normalized spacial score (nSPS) is 18.9. The first-order valence-electron chi connectivity index (χ1n) is 7.47. The smallest absolute Gasteiger partial charge is 0.307 e. The molecule has 1 aromatic heterocycles. The Hall–Kier alpha value is -2.32. The molecule has 1 aliphatic heterocycles. The van der Waals surface area contributed by atoms with Gasteiger partial charge in [0.25, 0.3) is 0 Å². The summed E-state index contributed by atoms with van der Waals surface area (Å²) in [5, 5.41) is 20.9. The Labute approximate surface area is 133 Å². The van der Waals surface area contributed by atoms with Crippen molar-refractivity contribution in [2.24, 2.45) is 7.05 Å². The maximum absolute atomic E-state index is 10.7. The van der Waals surface area contributed by atoms with Gasteiger partial charge in [0.15, 0.2) is 0 Å². The summed E-state index contributed by atoms with van der Waals surface area (Å²) < 4.78 is 5.72. The van der Waals surface area contributed by atoms with Gasteiger partial charge in [0, 0.05) is 19.6 Å². The van der Waals surface area contributed by atoms with E-state index in [4.69, 9.17) is 9.84 Å². The van der Waals surface area contributed by atoms with Crippen molar-refractivity contribution in [1.82, 2.24) is 25.1 Å². The molecule has 8 nitrogen and oxygen atoms in total. The van der Waals surface area contributed by atoms with Gasteiger partial charge in [-0.05, 0) is 16.3 Å². The number of carbonyl (C=O) groups is 1. The van der Waals surface area contributed by atoms with E-state index in [0.29, 0.717) is 19.0 Å². The molecule has 1 unspecified atom stereocenters. The Bertz CT molecular complexity index is 670. The Kier molecular flexibility index (Phi) is 4.63. The van der Waals surface area contributed by atoms with Gasteiger partial charge >= 0.3 is 5.97 Å². The standard InChI is InChI=1S/C15H19N5O3/c1-19-17-15(16-18-19)13-10-20(6-7-23-13)9-12-4-2-11(3-5-12)8-14(21)22/h2-5,13H,6-10H2,1H3,(H,21,22). The Morgan fingerprint density at radius 2 is 2.09 bits per heavy atom. The molecule has 122 valence electrons. The van der Waals surface area contributed by atoms with Gasteiger partial charge in [-0.1, -0.05) is 24.3 Å². The molecule has 1 saturated heterocycles. The quantitative estimate of drug-likeness (QED) is 0.853. The van der Waals surface area contributed by atoms with E-state index >= 15 is 0 Å². The summed E-state index contributed by atoms with van der Waals surface area (Å²) in [6.07, 6.45) is -0.109. The number of tetrazole rings is 1. The molecule has 2 aromatic rings. The van der Waals surface area contributed by atoms with E-state index < -0.39 is 5.97 Å². The zero-order chi connectivity index (χ0) is 16.2. The minimum absolute atomic E-state index is 0.0538. The summed E-state index contributed by atoms with van der Waals surface area (Å²) in [5.41, 5.74) is 1.96. The summed E-state index contributed by atoms with van der Waals surface area (Å²) in [5.74, 6) is -0.209. The molecule has 1 aliphatic rings. The van der Waals surface area contributed by atoms with Gasteiger partial charge in [-0.15, -0.1) is 10.2 Å². The number of carboxylic acids is 1. The van der Waals surface area contributed by atoms with E-state index in [0.717, 1.165) is 24.2 Å². The van der Waals surface area contributed by atoms with Crippen LogP contribution in [0.25, 0.3) is 0 Å². The summed E-state index contributed by atoms with van der Waals surface area (Å²) in [7, 11) is 1.73. The van der Waals surface area contributed by atoms with Crippen molar-refractivity contribution in [1.29, 1.82) is 0 Å². The van der Waals surface area contributed by atoms with E-state index in [1.54, 1.807) is 7.05 Å². The second-order valence-electron chi connectivity index (χ2n) is 5.62. The molecule has 0 amide bonds. The third kappa shape index (κ3) is 4.11. The topological polar surface area (TPSA) is 93.4 Å². The fourth-order valence-electron chi connectivity index (χ4n) is 2.63. The van der Waals surface area contributed by atoms with Crippen LogP contribution in [0.4, 0.5) is 0 Å². The summed E-state index contributed by atoms with van der Waals surface area (Å²) in [6, 6.07) is 7.68. The molecular weight excluding hydrogens is 298 g/mol. The SMILES string of the molecule is Cn1nnc(C2CN(Cc3ccc(CC(=O)O)cc3)CCO2)n1. The number of carboxylic acid groups (broad SMARTS) is 1.